The van der Waals surface area contributed by atoms with Crippen molar-refractivity contribution in [2.75, 3.05) is 6.61 Å². The Labute approximate surface area is 127 Å². The number of hydrogen-bond donors (Lipinski definition) is 1. The maximum Gasteiger partial charge on any atom is 0.137 e. The van der Waals surface area contributed by atoms with Gasteiger partial charge in [-0.3, -0.25) is 0 Å². The Morgan fingerprint density at radius 3 is 2.55 bits per heavy atom. The lowest BCUT2D eigenvalue weighted by Crippen LogP contribution is -2.12. The predicted molar refractivity (Wildman–Crippen MR) is 82.3 cm³/mol. The Morgan fingerprint density at radius 1 is 1.10 bits per heavy atom. The average molecular weight is 338 g/mol. The molecule has 106 valence electrons. The number of rotatable bonds is 6. The lowest BCUT2D eigenvalue weighted by atomic mass is 10.2. The Morgan fingerprint density at radius 2 is 1.85 bits per heavy atom. The highest BCUT2D eigenvalue weighted by molar-refractivity contribution is 9.10. The van der Waals surface area contributed by atoms with Crippen LogP contribution in [-0.4, -0.2) is 6.61 Å². The molecule has 2 nitrogen and oxygen atoms in total. The highest BCUT2D eigenvalue weighted by atomic mass is 79.9. The summed E-state index contributed by atoms with van der Waals surface area (Å²) >= 11 is 3.15. The molecule has 2 aromatic rings. The fourth-order valence-electron chi connectivity index (χ4n) is 1.91. The normalized spacial score (nSPS) is 10.6. The van der Waals surface area contributed by atoms with Crippen LogP contribution in [0.2, 0.25) is 0 Å². The molecular weight excluding hydrogens is 321 g/mol. The van der Waals surface area contributed by atoms with Gasteiger partial charge in [0.25, 0.3) is 0 Å². The standard InChI is InChI=1S/C16H17BrFNO/c1-2-20-14-5-3-4-12(8-14)10-19-11-13-6-7-15(17)16(18)9-13/h3-9,19H,2,10-11H2,1H3. The average Bonchev–Trinajstić information content (AvgIpc) is 2.44. The Kier molecular flexibility index (Phi) is 5.56. The third kappa shape index (κ3) is 4.32. The molecule has 20 heavy (non-hydrogen) atoms. The molecule has 0 atom stereocenters. The van der Waals surface area contributed by atoms with E-state index in [-0.39, 0.29) is 5.82 Å². The molecule has 0 amide bonds. The first-order valence-corrected chi connectivity index (χ1v) is 7.34. The fourth-order valence-corrected chi connectivity index (χ4v) is 2.16. The van der Waals surface area contributed by atoms with Crippen LogP contribution in [0.4, 0.5) is 4.39 Å². The van der Waals surface area contributed by atoms with Gasteiger partial charge in [0, 0.05) is 13.1 Å². The number of benzene rings is 2. The van der Waals surface area contributed by atoms with Gasteiger partial charge in [-0.1, -0.05) is 18.2 Å². The largest absolute Gasteiger partial charge is 0.494 e. The quantitative estimate of drug-likeness (QED) is 0.849. The minimum atomic E-state index is -0.234. The number of hydrogen-bond acceptors (Lipinski definition) is 2. The molecule has 0 spiro atoms. The summed E-state index contributed by atoms with van der Waals surface area (Å²) in [4.78, 5) is 0. The Balaban J connectivity index is 1.89. The summed E-state index contributed by atoms with van der Waals surface area (Å²) in [6, 6.07) is 13.1. The fraction of sp³-hybridized carbons (Fsp3) is 0.250. The summed E-state index contributed by atoms with van der Waals surface area (Å²) in [6.07, 6.45) is 0. The van der Waals surface area contributed by atoms with Crippen molar-refractivity contribution in [1.82, 2.24) is 5.32 Å². The zero-order valence-electron chi connectivity index (χ0n) is 11.3. The summed E-state index contributed by atoms with van der Waals surface area (Å²) in [5, 5.41) is 3.30. The van der Waals surface area contributed by atoms with Gasteiger partial charge in [0.2, 0.25) is 0 Å². The van der Waals surface area contributed by atoms with E-state index in [2.05, 4.69) is 21.2 Å². The SMILES string of the molecule is CCOc1cccc(CNCc2ccc(Br)c(F)c2)c1. The van der Waals surface area contributed by atoms with E-state index in [1.54, 1.807) is 6.07 Å². The van der Waals surface area contributed by atoms with Gasteiger partial charge < -0.3 is 10.1 Å². The van der Waals surface area contributed by atoms with Crippen molar-refractivity contribution in [3.8, 4) is 5.75 Å². The minimum absolute atomic E-state index is 0.234. The second-order valence-electron chi connectivity index (χ2n) is 4.43. The van der Waals surface area contributed by atoms with Gasteiger partial charge in [0.15, 0.2) is 0 Å². The van der Waals surface area contributed by atoms with Crippen LogP contribution in [0.1, 0.15) is 18.1 Å². The molecule has 4 heteroatoms. The van der Waals surface area contributed by atoms with E-state index in [0.29, 0.717) is 17.6 Å². The van der Waals surface area contributed by atoms with E-state index in [1.807, 2.05) is 37.3 Å². The summed E-state index contributed by atoms with van der Waals surface area (Å²) in [6.45, 7) is 3.98. The van der Waals surface area contributed by atoms with Gasteiger partial charge in [0.05, 0.1) is 11.1 Å². The first kappa shape index (κ1) is 15.0. The van der Waals surface area contributed by atoms with Crippen molar-refractivity contribution in [3.05, 3.63) is 63.9 Å². The predicted octanol–water partition coefficient (Wildman–Crippen LogP) is 4.28. The van der Waals surface area contributed by atoms with E-state index in [9.17, 15) is 4.39 Å². The van der Waals surface area contributed by atoms with Crippen molar-refractivity contribution in [2.45, 2.75) is 20.0 Å². The molecule has 0 heterocycles. The van der Waals surface area contributed by atoms with E-state index in [1.165, 1.54) is 6.07 Å². The topological polar surface area (TPSA) is 21.3 Å². The maximum atomic E-state index is 13.4. The van der Waals surface area contributed by atoms with Gasteiger partial charge in [-0.15, -0.1) is 0 Å². The summed E-state index contributed by atoms with van der Waals surface area (Å²) < 4.78 is 19.3. The van der Waals surface area contributed by atoms with E-state index >= 15 is 0 Å². The Hall–Kier alpha value is -1.39. The molecule has 2 aromatic carbocycles. The second-order valence-corrected chi connectivity index (χ2v) is 5.29. The van der Waals surface area contributed by atoms with E-state index < -0.39 is 0 Å². The van der Waals surface area contributed by atoms with Gasteiger partial charge in [-0.2, -0.15) is 0 Å². The van der Waals surface area contributed by atoms with Crippen molar-refractivity contribution < 1.29 is 9.13 Å². The molecule has 0 bridgehead atoms. The summed E-state index contributed by atoms with van der Waals surface area (Å²) in [7, 11) is 0. The maximum absolute atomic E-state index is 13.4. The van der Waals surface area contributed by atoms with Crippen LogP contribution in [0.5, 0.6) is 5.75 Å². The first-order valence-electron chi connectivity index (χ1n) is 6.55. The lowest BCUT2D eigenvalue weighted by molar-refractivity contribution is 0.340. The van der Waals surface area contributed by atoms with Gasteiger partial charge in [0.1, 0.15) is 11.6 Å². The summed E-state index contributed by atoms with van der Waals surface area (Å²) in [5.41, 5.74) is 2.07. The summed E-state index contributed by atoms with van der Waals surface area (Å²) in [5.74, 6) is 0.643. The molecular formula is C16H17BrFNO. The van der Waals surface area contributed by atoms with Crippen LogP contribution in [-0.2, 0) is 13.1 Å². The molecule has 0 aliphatic rings. The number of ether oxygens (including phenoxy) is 1. The second kappa shape index (κ2) is 7.41. The van der Waals surface area contributed by atoms with Gasteiger partial charge >= 0.3 is 0 Å². The number of halogens is 2. The molecule has 0 aromatic heterocycles. The molecule has 0 saturated heterocycles. The third-order valence-electron chi connectivity index (χ3n) is 2.85. The minimum Gasteiger partial charge on any atom is -0.494 e. The zero-order valence-corrected chi connectivity index (χ0v) is 12.9. The molecule has 0 fully saturated rings. The van der Waals surface area contributed by atoms with Crippen LogP contribution in [0.15, 0.2) is 46.9 Å². The molecule has 0 saturated carbocycles. The molecule has 2 rings (SSSR count). The van der Waals surface area contributed by atoms with Crippen molar-refractivity contribution >= 4 is 15.9 Å². The van der Waals surface area contributed by atoms with E-state index in [0.717, 1.165) is 23.4 Å². The van der Waals surface area contributed by atoms with Crippen LogP contribution in [0.3, 0.4) is 0 Å². The number of nitrogens with one attached hydrogen (secondary N) is 1. The molecule has 0 radical (unpaired) electrons. The highest BCUT2D eigenvalue weighted by Crippen LogP contribution is 2.17. The van der Waals surface area contributed by atoms with Gasteiger partial charge in [-0.25, -0.2) is 4.39 Å². The van der Waals surface area contributed by atoms with Crippen LogP contribution < -0.4 is 10.1 Å². The van der Waals surface area contributed by atoms with Crippen LogP contribution in [0.25, 0.3) is 0 Å². The van der Waals surface area contributed by atoms with Crippen molar-refractivity contribution in [3.63, 3.8) is 0 Å². The first-order chi connectivity index (χ1) is 9.69. The molecule has 0 aliphatic heterocycles. The van der Waals surface area contributed by atoms with Crippen molar-refractivity contribution in [2.24, 2.45) is 0 Å². The third-order valence-corrected chi connectivity index (χ3v) is 3.49. The molecule has 1 N–H and O–H groups in total. The van der Waals surface area contributed by atoms with Gasteiger partial charge in [-0.05, 0) is 58.2 Å². The van der Waals surface area contributed by atoms with Crippen LogP contribution >= 0.6 is 15.9 Å². The zero-order chi connectivity index (χ0) is 14.4. The van der Waals surface area contributed by atoms with Crippen molar-refractivity contribution in [1.29, 1.82) is 0 Å². The Bertz CT molecular complexity index is 574. The highest BCUT2D eigenvalue weighted by Gasteiger charge is 2.01. The van der Waals surface area contributed by atoms with Crippen LogP contribution in [0, 0.1) is 5.82 Å². The lowest BCUT2D eigenvalue weighted by Gasteiger charge is -2.08. The molecule has 0 aliphatic carbocycles. The smallest absolute Gasteiger partial charge is 0.137 e. The monoisotopic (exact) mass is 337 g/mol. The van der Waals surface area contributed by atoms with E-state index in [4.69, 9.17) is 4.74 Å². The molecule has 0 unspecified atom stereocenters.